The first kappa shape index (κ1) is 16.4. The third-order valence-corrected chi connectivity index (χ3v) is 4.32. The van der Waals surface area contributed by atoms with E-state index < -0.39 is 0 Å². The van der Waals surface area contributed by atoms with Crippen LogP contribution in [0.5, 0.6) is 0 Å². The smallest absolute Gasteiger partial charge is 0.191 e. The predicted octanol–water partition coefficient (Wildman–Crippen LogP) is 2.61. The number of hydrogen-bond donors (Lipinski definition) is 2. The van der Waals surface area contributed by atoms with Crippen LogP contribution in [0.25, 0.3) is 0 Å². The molecule has 0 amide bonds. The third-order valence-electron chi connectivity index (χ3n) is 3.73. The standard InChI is InChI=1S/C15H22Cl2N4/c1-18-15(19-8-11-5-6-21(2)10-11)20-9-12-3-4-13(16)7-14(12)17/h3-4,7,11H,5-6,8-10H2,1-2H3,(H2,18,19,20). The van der Waals surface area contributed by atoms with Crippen LogP contribution >= 0.6 is 23.2 Å². The number of benzene rings is 1. The van der Waals surface area contributed by atoms with Crippen LogP contribution in [0.2, 0.25) is 10.0 Å². The first-order valence-corrected chi connectivity index (χ1v) is 7.91. The summed E-state index contributed by atoms with van der Waals surface area (Å²) in [5, 5.41) is 7.97. The Morgan fingerprint density at radius 2 is 2.19 bits per heavy atom. The molecule has 2 N–H and O–H groups in total. The van der Waals surface area contributed by atoms with Gasteiger partial charge >= 0.3 is 0 Å². The lowest BCUT2D eigenvalue weighted by atomic mass is 10.1. The number of likely N-dealkylation sites (tertiary alicyclic amines) is 1. The van der Waals surface area contributed by atoms with Crippen molar-refractivity contribution in [1.29, 1.82) is 0 Å². The number of hydrogen-bond acceptors (Lipinski definition) is 2. The van der Waals surface area contributed by atoms with E-state index in [0.29, 0.717) is 22.5 Å². The van der Waals surface area contributed by atoms with Gasteiger partial charge in [0.1, 0.15) is 0 Å². The highest BCUT2D eigenvalue weighted by Crippen LogP contribution is 2.20. The van der Waals surface area contributed by atoms with Crippen LogP contribution < -0.4 is 10.6 Å². The molecule has 1 atom stereocenters. The van der Waals surface area contributed by atoms with Crippen molar-refractivity contribution in [3.05, 3.63) is 33.8 Å². The quantitative estimate of drug-likeness (QED) is 0.659. The Kier molecular flexibility index (Phi) is 6.15. The van der Waals surface area contributed by atoms with Gasteiger partial charge in [-0.1, -0.05) is 29.3 Å². The summed E-state index contributed by atoms with van der Waals surface area (Å²) in [7, 11) is 3.94. The van der Waals surface area contributed by atoms with Crippen molar-refractivity contribution in [2.24, 2.45) is 10.9 Å². The molecule has 1 aliphatic heterocycles. The third kappa shape index (κ3) is 5.06. The molecule has 1 saturated heterocycles. The van der Waals surface area contributed by atoms with Crippen LogP contribution in [0.3, 0.4) is 0 Å². The second-order valence-corrected chi connectivity index (χ2v) is 6.30. The minimum atomic E-state index is 0.625. The van der Waals surface area contributed by atoms with Crippen LogP contribution in [0.1, 0.15) is 12.0 Å². The Morgan fingerprint density at radius 3 is 2.81 bits per heavy atom. The van der Waals surface area contributed by atoms with Gasteiger partial charge in [-0.05, 0) is 43.6 Å². The lowest BCUT2D eigenvalue weighted by Gasteiger charge is -2.16. The molecule has 4 nitrogen and oxygen atoms in total. The van der Waals surface area contributed by atoms with E-state index in [1.54, 1.807) is 13.1 Å². The molecule has 2 rings (SSSR count). The molecule has 0 radical (unpaired) electrons. The second-order valence-electron chi connectivity index (χ2n) is 5.46. The van der Waals surface area contributed by atoms with Crippen molar-refractivity contribution in [1.82, 2.24) is 15.5 Å². The van der Waals surface area contributed by atoms with Crippen molar-refractivity contribution in [3.8, 4) is 0 Å². The van der Waals surface area contributed by atoms with Gasteiger partial charge in [0, 0.05) is 36.7 Å². The van der Waals surface area contributed by atoms with Crippen LogP contribution in [0.4, 0.5) is 0 Å². The average Bonchev–Trinajstić information content (AvgIpc) is 2.86. The van der Waals surface area contributed by atoms with Crippen LogP contribution in [-0.4, -0.2) is 44.6 Å². The number of rotatable bonds is 4. The zero-order chi connectivity index (χ0) is 15.2. The Hall–Kier alpha value is -0.970. The van der Waals surface area contributed by atoms with E-state index in [1.807, 2.05) is 12.1 Å². The van der Waals surface area contributed by atoms with Gasteiger partial charge in [-0.25, -0.2) is 0 Å². The van der Waals surface area contributed by atoms with Gasteiger partial charge in [0.25, 0.3) is 0 Å². The Bertz CT molecular complexity index is 504. The van der Waals surface area contributed by atoms with Gasteiger partial charge in [0.05, 0.1) is 0 Å². The largest absolute Gasteiger partial charge is 0.356 e. The van der Waals surface area contributed by atoms with Crippen LogP contribution in [0, 0.1) is 5.92 Å². The highest BCUT2D eigenvalue weighted by atomic mass is 35.5. The lowest BCUT2D eigenvalue weighted by molar-refractivity contribution is 0.394. The molecule has 0 saturated carbocycles. The minimum absolute atomic E-state index is 0.625. The van der Waals surface area contributed by atoms with Gasteiger partial charge in [-0.3, -0.25) is 4.99 Å². The number of aliphatic imine (C=N–C) groups is 1. The number of nitrogens with zero attached hydrogens (tertiary/aromatic N) is 2. The summed E-state index contributed by atoms with van der Waals surface area (Å²) in [5.74, 6) is 1.49. The van der Waals surface area contributed by atoms with E-state index in [-0.39, 0.29) is 0 Å². The van der Waals surface area contributed by atoms with Gasteiger partial charge in [-0.2, -0.15) is 0 Å². The molecule has 1 aliphatic rings. The molecular formula is C15H22Cl2N4. The molecule has 116 valence electrons. The Balaban J connectivity index is 1.80. The molecule has 0 aromatic heterocycles. The summed E-state index contributed by atoms with van der Waals surface area (Å²) in [6.45, 7) is 3.89. The summed E-state index contributed by atoms with van der Waals surface area (Å²) in [5.41, 5.74) is 1.00. The molecule has 1 aromatic carbocycles. The van der Waals surface area contributed by atoms with Crippen molar-refractivity contribution >= 4 is 29.2 Å². The predicted molar refractivity (Wildman–Crippen MR) is 90.3 cm³/mol. The van der Waals surface area contributed by atoms with Gasteiger partial charge < -0.3 is 15.5 Å². The topological polar surface area (TPSA) is 39.7 Å². The summed E-state index contributed by atoms with van der Waals surface area (Å²) in [4.78, 5) is 6.60. The van der Waals surface area contributed by atoms with E-state index in [4.69, 9.17) is 23.2 Å². The fourth-order valence-electron chi connectivity index (χ4n) is 2.50. The number of halogens is 2. The Morgan fingerprint density at radius 1 is 1.38 bits per heavy atom. The maximum absolute atomic E-state index is 6.16. The van der Waals surface area contributed by atoms with E-state index >= 15 is 0 Å². The maximum Gasteiger partial charge on any atom is 0.191 e. The molecule has 1 aromatic rings. The van der Waals surface area contributed by atoms with E-state index in [1.165, 1.54) is 13.0 Å². The molecule has 0 bridgehead atoms. The maximum atomic E-state index is 6.16. The monoisotopic (exact) mass is 328 g/mol. The van der Waals surface area contributed by atoms with Crippen molar-refractivity contribution in [2.45, 2.75) is 13.0 Å². The Labute approximate surface area is 136 Å². The summed E-state index contributed by atoms with van der Waals surface area (Å²) in [6, 6.07) is 5.52. The molecule has 1 unspecified atom stereocenters. The van der Waals surface area contributed by atoms with Crippen molar-refractivity contribution < 1.29 is 0 Å². The molecule has 6 heteroatoms. The van der Waals surface area contributed by atoms with Gasteiger partial charge in [0.15, 0.2) is 5.96 Å². The van der Waals surface area contributed by atoms with Crippen molar-refractivity contribution in [2.75, 3.05) is 33.7 Å². The zero-order valence-electron chi connectivity index (χ0n) is 12.5. The number of guanidine groups is 1. The highest BCUT2D eigenvalue weighted by Gasteiger charge is 2.19. The number of nitrogens with one attached hydrogen (secondary N) is 2. The minimum Gasteiger partial charge on any atom is -0.356 e. The summed E-state index contributed by atoms with van der Waals surface area (Å²) < 4.78 is 0. The molecule has 0 spiro atoms. The lowest BCUT2D eigenvalue weighted by Crippen LogP contribution is -2.39. The SMILES string of the molecule is CN=C(NCc1ccc(Cl)cc1Cl)NCC1CCN(C)C1. The first-order valence-electron chi connectivity index (χ1n) is 7.15. The molecular weight excluding hydrogens is 307 g/mol. The van der Waals surface area contributed by atoms with Crippen LogP contribution in [0.15, 0.2) is 23.2 Å². The normalized spacial score (nSPS) is 19.8. The van der Waals surface area contributed by atoms with Crippen molar-refractivity contribution in [3.63, 3.8) is 0 Å². The molecule has 1 heterocycles. The van der Waals surface area contributed by atoms with E-state index in [2.05, 4.69) is 27.6 Å². The van der Waals surface area contributed by atoms with Crippen LogP contribution in [-0.2, 0) is 6.54 Å². The zero-order valence-corrected chi connectivity index (χ0v) is 14.0. The second kappa shape index (κ2) is 7.87. The fourth-order valence-corrected chi connectivity index (χ4v) is 2.97. The molecule has 0 aliphatic carbocycles. The summed E-state index contributed by atoms with van der Waals surface area (Å²) >= 11 is 12.1. The van der Waals surface area contributed by atoms with E-state index in [9.17, 15) is 0 Å². The first-order chi connectivity index (χ1) is 10.1. The van der Waals surface area contributed by atoms with Gasteiger partial charge in [-0.15, -0.1) is 0 Å². The molecule has 21 heavy (non-hydrogen) atoms. The average molecular weight is 329 g/mol. The molecule has 1 fully saturated rings. The van der Waals surface area contributed by atoms with E-state index in [0.717, 1.165) is 24.6 Å². The fraction of sp³-hybridized carbons (Fsp3) is 0.533. The summed E-state index contributed by atoms with van der Waals surface area (Å²) in [6.07, 6.45) is 1.24. The highest BCUT2D eigenvalue weighted by molar-refractivity contribution is 6.35. The van der Waals surface area contributed by atoms with Gasteiger partial charge in [0.2, 0.25) is 0 Å².